The van der Waals surface area contributed by atoms with E-state index in [-0.39, 0.29) is 5.91 Å². The number of hydrogen-bond donors (Lipinski definition) is 1. The second-order valence-corrected chi connectivity index (χ2v) is 4.89. The van der Waals surface area contributed by atoms with E-state index >= 15 is 0 Å². The van der Waals surface area contributed by atoms with Crippen LogP contribution in [-0.2, 0) is 0 Å². The van der Waals surface area contributed by atoms with Gasteiger partial charge in [0.15, 0.2) is 0 Å². The molecule has 1 amide bonds. The number of carbonyl (C=O) groups excluding carboxylic acids is 1. The molecule has 0 radical (unpaired) electrons. The highest BCUT2D eigenvalue weighted by molar-refractivity contribution is 6.04. The molecule has 0 aliphatic carbocycles. The molecule has 0 bridgehead atoms. The maximum absolute atomic E-state index is 12.2. The topological polar surface area (TPSA) is 74.2 Å². The fourth-order valence-electron chi connectivity index (χ4n) is 1.63. The highest BCUT2D eigenvalue weighted by atomic mass is 16.1. The van der Waals surface area contributed by atoms with E-state index in [4.69, 9.17) is 0 Å². The minimum atomic E-state index is -0.232. The fourth-order valence-corrected chi connectivity index (χ4v) is 1.63. The molecule has 2 heterocycles. The molecule has 0 spiro atoms. The number of anilines is 3. The lowest BCUT2D eigenvalue weighted by Gasteiger charge is -2.13. The van der Waals surface area contributed by atoms with Gasteiger partial charge in [-0.1, -0.05) is 0 Å². The molecule has 7 heteroatoms. The van der Waals surface area contributed by atoms with Crippen molar-refractivity contribution in [1.82, 2.24) is 15.0 Å². The second kappa shape index (κ2) is 6.17. The van der Waals surface area contributed by atoms with E-state index in [1.54, 1.807) is 35.5 Å². The molecule has 7 nitrogen and oxygen atoms in total. The molecular formula is C14H18N6O. The molecule has 0 aliphatic rings. The van der Waals surface area contributed by atoms with Crippen LogP contribution in [0.3, 0.4) is 0 Å². The third kappa shape index (κ3) is 3.65. The Balaban J connectivity index is 2.18. The van der Waals surface area contributed by atoms with Gasteiger partial charge in [-0.05, 0) is 18.2 Å². The normalized spacial score (nSPS) is 10.1. The Morgan fingerprint density at radius 2 is 1.76 bits per heavy atom. The van der Waals surface area contributed by atoms with Crippen LogP contribution in [0.4, 0.5) is 17.6 Å². The van der Waals surface area contributed by atoms with E-state index in [0.717, 1.165) is 5.82 Å². The van der Waals surface area contributed by atoms with Crippen LogP contribution in [0.1, 0.15) is 10.4 Å². The maximum atomic E-state index is 12.2. The van der Waals surface area contributed by atoms with Crippen molar-refractivity contribution in [3.05, 3.63) is 36.2 Å². The van der Waals surface area contributed by atoms with Crippen molar-refractivity contribution < 1.29 is 4.79 Å². The van der Waals surface area contributed by atoms with Crippen LogP contribution in [0.5, 0.6) is 0 Å². The van der Waals surface area contributed by atoms with Crippen molar-refractivity contribution in [2.75, 3.05) is 43.3 Å². The largest absolute Gasteiger partial charge is 0.363 e. The van der Waals surface area contributed by atoms with Gasteiger partial charge in [0.2, 0.25) is 5.95 Å². The molecule has 110 valence electrons. The summed E-state index contributed by atoms with van der Waals surface area (Å²) in [6, 6.07) is 5.04. The van der Waals surface area contributed by atoms with Crippen LogP contribution in [0.25, 0.3) is 0 Å². The molecule has 0 aliphatic heterocycles. The zero-order valence-corrected chi connectivity index (χ0v) is 12.5. The minimum Gasteiger partial charge on any atom is -0.363 e. The number of amides is 1. The van der Waals surface area contributed by atoms with Gasteiger partial charge >= 0.3 is 0 Å². The first-order valence-electron chi connectivity index (χ1n) is 6.42. The standard InChI is InChI=1S/C14H18N6O/c1-19(2)12-9-10(5-7-15-12)13(21)17-11-6-8-16-14(18-11)20(3)4/h5-9H,1-4H3,(H,16,17,18,21). The van der Waals surface area contributed by atoms with E-state index in [2.05, 4.69) is 20.3 Å². The van der Waals surface area contributed by atoms with E-state index in [1.807, 2.05) is 33.1 Å². The number of aromatic nitrogens is 3. The minimum absolute atomic E-state index is 0.232. The smallest absolute Gasteiger partial charge is 0.257 e. The Hall–Kier alpha value is -2.70. The lowest BCUT2D eigenvalue weighted by atomic mass is 10.2. The van der Waals surface area contributed by atoms with E-state index in [1.165, 1.54) is 0 Å². The molecule has 0 saturated carbocycles. The number of carbonyl (C=O) groups is 1. The summed E-state index contributed by atoms with van der Waals surface area (Å²) in [5.74, 6) is 1.49. The van der Waals surface area contributed by atoms with Gasteiger partial charge in [0, 0.05) is 46.1 Å². The van der Waals surface area contributed by atoms with Crippen LogP contribution in [-0.4, -0.2) is 49.0 Å². The summed E-state index contributed by atoms with van der Waals surface area (Å²) in [6.07, 6.45) is 3.21. The van der Waals surface area contributed by atoms with Crippen molar-refractivity contribution in [2.45, 2.75) is 0 Å². The molecule has 0 saturated heterocycles. The summed E-state index contributed by atoms with van der Waals surface area (Å²) in [4.78, 5) is 28.4. The summed E-state index contributed by atoms with van der Waals surface area (Å²) >= 11 is 0. The molecule has 2 rings (SSSR count). The van der Waals surface area contributed by atoms with Crippen LogP contribution in [0.2, 0.25) is 0 Å². The number of pyridine rings is 1. The van der Waals surface area contributed by atoms with Crippen molar-refractivity contribution in [1.29, 1.82) is 0 Å². The molecule has 0 atom stereocenters. The summed E-state index contributed by atoms with van der Waals surface area (Å²) in [5, 5.41) is 2.76. The Bertz CT molecular complexity index is 641. The molecular weight excluding hydrogens is 268 g/mol. The Morgan fingerprint density at radius 1 is 1.05 bits per heavy atom. The van der Waals surface area contributed by atoms with Gasteiger partial charge in [0.1, 0.15) is 11.6 Å². The quantitative estimate of drug-likeness (QED) is 0.912. The Labute approximate surface area is 123 Å². The summed E-state index contributed by atoms with van der Waals surface area (Å²) in [5.41, 5.74) is 0.527. The number of nitrogens with zero attached hydrogens (tertiary/aromatic N) is 5. The third-order valence-electron chi connectivity index (χ3n) is 2.75. The highest BCUT2D eigenvalue weighted by Crippen LogP contribution is 2.13. The molecule has 0 aromatic carbocycles. The average Bonchev–Trinajstić information content (AvgIpc) is 2.47. The second-order valence-electron chi connectivity index (χ2n) is 4.89. The lowest BCUT2D eigenvalue weighted by molar-refractivity contribution is 0.102. The molecule has 0 unspecified atom stereocenters. The SMILES string of the molecule is CN(C)c1cc(C(=O)Nc2ccnc(N(C)C)n2)ccn1. The Kier molecular flexibility index (Phi) is 4.32. The number of rotatable bonds is 4. The van der Waals surface area contributed by atoms with Crippen molar-refractivity contribution in [3.8, 4) is 0 Å². The van der Waals surface area contributed by atoms with E-state index in [9.17, 15) is 4.79 Å². The molecule has 2 aromatic heterocycles. The fraction of sp³-hybridized carbons (Fsp3) is 0.286. The Morgan fingerprint density at radius 3 is 2.43 bits per heavy atom. The van der Waals surface area contributed by atoms with Gasteiger partial charge < -0.3 is 15.1 Å². The van der Waals surface area contributed by atoms with Gasteiger partial charge in [-0.25, -0.2) is 9.97 Å². The van der Waals surface area contributed by atoms with Crippen molar-refractivity contribution in [2.24, 2.45) is 0 Å². The average molecular weight is 286 g/mol. The molecule has 21 heavy (non-hydrogen) atoms. The zero-order valence-electron chi connectivity index (χ0n) is 12.5. The lowest BCUT2D eigenvalue weighted by Crippen LogP contribution is -2.17. The van der Waals surface area contributed by atoms with Crippen LogP contribution >= 0.6 is 0 Å². The van der Waals surface area contributed by atoms with Gasteiger partial charge in [0.25, 0.3) is 5.91 Å². The molecule has 2 aromatic rings. The first-order chi connectivity index (χ1) is 9.97. The number of nitrogens with one attached hydrogen (secondary N) is 1. The van der Waals surface area contributed by atoms with Crippen molar-refractivity contribution in [3.63, 3.8) is 0 Å². The van der Waals surface area contributed by atoms with Crippen LogP contribution < -0.4 is 15.1 Å². The maximum Gasteiger partial charge on any atom is 0.257 e. The molecule has 0 fully saturated rings. The van der Waals surface area contributed by atoms with Crippen LogP contribution in [0, 0.1) is 0 Å². The van der Waals surface area contributed by atoms with Gasteiger partial charge in [-0.3, -0.25) is 4.79 Å². The first-order valence-corrected chi connectivity index (χ1v) is 6.42. The van der Waals surface area contributed by atoms with E-state index in [0.29, 0.717) is 17.3 Å². The summed E-state index contributed by atoms with van der Waals surface area (Å²) in [6.45, 7) is 0. The van der Waals surface area contributed by atoms with Gasteiger partial charge in [-0.15, -0.1) is 0 Å². The molecule has 1 N–H and O–H groups in total. The summed E-state index contributed by atoms with van der Waals surface area (Å²) < 4.78 is 0. The van der Waals surface area contributed by atoms with Gasteiger partial charge in [-0.2, -0.15) is 4.98 Å². The van der Waals surface area contributed by atoms with Crippen LogP contribution in [0.15, 0.2) is 30.6 Å². The van der Waals surface area contributed by atoms with E-state index < -0.39 is 0 Å². The number of hydrogen-bond acceptors (Lipinski definition) is 6. The third-order valence-corrected chi connectivity index (χ3v) is 2.75. The highest BCUT2D eigenvalue weighted by Gasteiger charge is 2.10. The predicted octanol–water partition coefficient (Wildman–Crippen LogP) is 1.26. The van der Waals surface area contributed by atoms with Crippen molar-refractivity contribution >= 4 is 23.5 Å². The predicted molar refractivity (Wildman–Crippen MR) is 82.9 cm³/mol. The van der Waals surface area contributed by atoms with Gasteiger partial charge in [0.05, 0.1) is 0 Å². The zero-order chi connectivity index (χ0) is 15.4. The first kappa shape index (κ1) is 14.7. The summed E-state index contributed by atoms with van der Waals surface area (Å²) in [7, 11) is 7.43. The monoisotopic (exact) mass is 286 g/mol.